The van der Waals surface area contributed by atoms with Gasteiger partial charge in [-0.3, -0.25) is 4.68 Å². The minimum absolute atomic E-state index is 0.0569. The van der Waals surface area contributed by atoms with Crippen molar-refractivity contribution < 1.29 is 28.7 Å². The van der Waals surface area contributed by atoms with Gasteiger partial charge in [-0.25, -0.2) is 9.59 Å². The highest BCUT2D eigenvalue weighted by Gasteiger charge is 2.32. The lowest BCUT2D eigenvalue weighted by Crippen LogP contribution is -2.34. The molecule has 1 aliphatic carbocycles. The van der Waals surface area contributed by atoms with Gasteiger partial charge in [0.2, 0.25) is 5.82 Å². The number of nitrogens with one attached hydrogen (secondary N) is 1. The second-order valence-electron chi connectivity index (χ2n) is 11.0. The maximum atomic E-state index is 11.9. The minimum atomic E-state index is -1.16. The van der Waals surface area contributed by atoms with E-state index in [1.165, 1.54) is 17.8 Å². The average molecular weight is 512 g/mol. The molecule has 0 bridgehead atoms. The van der Waals surface area contributed by atoms with E-state index in [0.29, 0.717) is 17.1 Å². The summed E-state index contributed by atoms with van der Waals surface area (Å²) in [5.74, 6) is -0.447. The molecule has 2 N–H and O–H groups in total. The van der Waals surface area contributed by atoms with Crippen molar-refractivity contribution in [3.63, 3.8) is 0 Å². The van der Waals surface area contributed by atoms with Crippen LogP contribution in [0.3, 0.4) is 0 Å². The largest absolute Gasteiger partial charge is 0.491 e. The fourth-order valence-corrected chi connectivity index (χ4v) is 4.29. The predicted octanol–water partition coefficient (Wildman–Crippen LogP) is 4.25. The first-order chi connectivity index (χ1) is 17.3. The molecule has 1 amide bonds. The molecule has 3 aromatic rings. The van der Waals surface area contributed by atoms with Gasteiger partial charge in [0.05, 0.1) is 6.54 Å². The lowest BCUT2D eigenvalue weighted by molar-refractivity contribution is 0.0518. The van der Waals surface area contributed by atoms with Gasteiger partial charge in [-0.15, -0.1) is 0 Å². The monoisotopic (exact) mass is 511 g/mol. The number of carboxylic acid groups (broad SMARTS) is 1. The molecule has 0 fully saturated rings. The van der Waals surface area contributed by atoms with Crippen LogP contribution in [0.5, 0.6) is 5.75 Å². The molecule has 11 nitrogen and oxygen atoms in total. The Balaban J connectivity index is 1.48. The minimum Gasteiger partial charge on any atom is -0.491 e. The van der Waals surface area contributed by atoms with Crippen molar-refractivity contribution in [3.8, 4) is 28.7 Å². The lowest BCUT2D eigenvalue weighted by atomic mass is 9.76. The Morgan fingerprint density at radius 1 is 1.27 bits per heavy atom. The van der Waals surface area contributed by atoms with Gasteiger partial charge in [0.25, 0.3) is 5.89 Å². The number of carbonyl (C=O) groups excluding carboxylic acids is 1. The maximum absolute atomic E-state index is 11.9. The quantitative estimate of drug-likeness (QED) is 0.445. The molecule has 37 heavy (non-hydrogen) atoms. The molecular weight excluding hydrogens is 478 g/mol. The van der Waals surface area contributed by atoms with Gasteiger partial charge in [-0.05, 0) is 63.6 Å². The average Bonchev–Trinajstić information content (AvgIpc) is 3.40. The molecule has 4 rings (SSSR count). The van der Waals surface area contributed by atoms with Gasteiger partial charge in [-0.1, -0.05) is 19.0 Å². The van der Waals surface area contributed by atoms with Crippen molar-refractivity contribution >= 4 is 12.1 Å². The van der Waals surface area contributed by atoms with Gasteiger partial charge < -0.3 is 24.4 Å². The third-order valence-corrected chi connectivity index (χ3v) is 6.10. The first kappa shape index (κ1) is 26.2. The number of alkyl carbamates (subject to hydrolysis) is 1. The second-order valence-corrected chi connectivity index (χ2v) is 11.0. The van der Waals surface area contributed by atoms with Gasteiger partial charge in [0.1, 0.15) is 23.5 Å². The van der Waals surface area contributed by atoms with Gasteiger partial charge in [0, 0.05) is 23.9 Å². The number of aromatic carboxylic acids is 1. The molecule has 1 aliphatic rings. The Labute approximate surface area is 215 Å². The maximum Gasteiger partial charge on any atom is 0.407 e. The molecule has 11 heteroatoms. The summed E-state index contributed by atoms with van der Waals surface area (Å²) in [6, 6.07) is 4.63. The van der Waals surface area contributed by atoms with Crippen molar-refractivity contribution in [2.75, 3.05) is 13.2 Å². The van der Waals surface area contributed by atoms with Gasteiger partial charge in [0.15, 0.2) is 5.69 Å². The Morgan fingerprint density at radius 3 is 2.73 bits per heavy atom. The molecule has 2 aromatic heterocycles. The van der Waals surface area contributed by atoms with Crippen LogP contribution in [0.4, 0.5) is 4.79 Å². The van der Waals surface area contributed by atoms with Crippen LogP contribution in [0.1, 0.15) is 62.7 Å². The summed E-state index contributed by atoms with van der Waals surface area (Å²) < 4.78 is 18.2. The van der Waals surface area contributed by atoms with Crippen molar-refractivity contribution in [2.24, 2.45) is 12.5 Å². The van der Waals surface area contributed by atoms with Crippen molar-refractivity contribution in [2.45, 2.75) is 59.5 Å². The number of hydrogen-bond donors (Lipinski definition) is 2. The molecular formula is C26H33N5O6. The predicted molar refractivity (Wildman–Crippen MR) is 134 cm³/mol. The summed E-state index contributed by atoms with van der Waals surface area (Å²) in [5, 5.41) is 21.0. The van der Waals surface area contributed by atoms with Crippen LogP contribution in [0.25, 0.3) is 23.0 Å². The van der Waals surface area contributed by atoms with Crippen molar-refractivity contribution in [1.29, 1.82) is 0 Å². The van der Waals surface area contributed by atoms with E-state index in [-0.39, 0.29) is 35.7 Å². The number of rotatable bonds is 7. The van der Waals surface area contributed by atoms with Crippen LogP contribution in [0.15, 0.2) is 22.7 Å². The van der Waals surface area contributed by atoms with Crippen LogP contribution in [-0.4, -0.2) is 55.8 Å². The second kappa shape index (κ2) is 9.87. The van der Waals surface area contributed by atoms with E-state index in [1.54, 1.807) is 26.8 Å². The van der Waals surface area contributed by atoms with E-state index in [1.807, 2.05) is 11.7 Å². The highest BCUT2D eigenvalue weighted by molar-refractivity contribution is 5.92. The highest BCUT2D eigenvalue weighted by atomic mass is 16.6. The lowest BCUT2D eigenvalue weighted by Gasteiger charge is -2.29. The number of nitrogens with zero attached hydrogens (tertiary/aromatic N) is 4. The fraction of sp³-hybridized carbons (Fsp3) is 0.500. The Kier molecular flexibility index (Phi) is 6.98. The molecule has 198 valence electrons. The van der Waals surface area contributed by atoms with Crippen LogP contribution in [-0.2, 0) is 24.6 Å². The highest BCUT2D eigenvalue weighted by Crippen LogP contribution is 2.38. The molecule has 0 spiro atoms. The van der Waals surface area contributed by atoms with E-state index in [4.69, 9.17) is 14.0 Å². The number of aromatic nitrogens is 4. The smallest absolute Gasteiger partial charge is 0.407 e. The number of hydrogen-bond acceptors (Lipinski definition) is 8. The molecule has 0 unspecified atom stereocenters. The molecule has 0 radical (unpaired) electrons. The van der Waals surface area contributed by atoms with Gasteiger partial charge >= 0.3 is 12.1 Å². The first-order valence-corrected chi connectivity index (χ1v) is 12.2. The van der Waals surface area contributed by atoms with E-state index in [0.717, 1.165) is 24.8 Å². The standard InChI is InChI=1S/C26H33N5O6/c1-25(2,3)36-24(34)27-11-12-35-19-8-7-15(13-17(19)23(32)33)21-28-22(37-30-21)20-16-9-10-26(4,5)14-18(16)31(6)29-20/h7-8,13H,9-12,14H2,1-6H3,(H,27,34)(H,32,33). The summed E-state index contributed by atoms with van der Waals surface area (Å²) >= 11 is 0. The Bertz CT molecular complexity index is 1320. The normalized spacial score (nSPS) is 14.6. The molecule has 1 aromatic carbocycles. The first-order valence-electron chi connectivity index (χ1n) is 12.2. The Hall–Kier alpha value is -3.89. The summed E-state index contributed by atoms with van der Waals surface area (Å²) in [6.45, 7) is 10.0. The van der Waals surface area contributed by atoms with Crippen molar-refractivity contribution in [1.82, 2.24) is 25.2 Å². The summed E-state index contributed by atoms with van der Waals surface area (Å²) in [7, 11) is 1.92. The van der Waals surface area contributed by atoms with Crippen LogP contribution in [0, 0.1) is 5.41 Å². The molecule has 0 saturated carbocycles. The summed E-state index contributed by atoms with van der Waals surface area (Å²) in [4.78, 5) is 28.2. The number of carbonyl (C=O) groups is 2. The third-order valence-electron chi connectivity index (χ3n) is 6.10. The van der Waals surface area contributed by atoms with Crippen LogP contribution >= 0.6 is 0 Å². The number of aryl methyl sites for hydroxylation is 1. The summed E-state index contributed by atoms with van der Waals surface area (Å²) in [6.07, 6.45) is 2.26. The number of fused-ring (bicyclic) bond motifs is 1. The third kappa shape index (κ3) is 6.10. The van der Waals surface area contributed by atoms with E-state index in [2.05, 4.69) is 34.4 Å². The Morgan fingerprint density at radius 2 is 2.03 bits per heavy atom. The zero-order chi connectivity index (χ0) is 27.0. The van der Waals surface area contributed by atoms with Gasteiger partial charge in [-0.2, -0.15) is 10.1 Å². The molecule has 2 heterocycles. The number of amides is 1. The topological polar surface area (TPSA) is 142 Å². The molecule has 0 atom stereocenters. The van der Waals surface area contributed by atoms with Crippen LogP contribution < -0.4 is 10.1 Å². The molecule has 0 saturated heterocycles. The van der Waals surface area contributed by atoms with Crippen LogP contribution in [0.2, 0.25) is 0 Å². The van der Waals surface area contributed by atoms with Crippen molar-refractivity contribution in [3.05, 3.63) is 35.0 Å². The van der Waals surface area contributed by atoms with E-state index >= 15 is 0 Å². The van der Waals surface area contributed by atoms with E-state index in [9.17, 15) is 14.7 Å². The summed E-state index contributed by atoms with van der Waals surface area (Å²) in [5.41, 5.74) is 2.97. The SMILES string of the molecule is Cn1nc(-c2nc(-c3ccc(OCCNC(=O)OC(C)(C)C)c(C(=O)O)c3)no2)c2c1CC(C)(C)CC2. The fourth-order valence-electron chi connectivity index (χ4n) is 4.29. The zero-order valence-corrected chi connectivity index (χ0v) is 22.0. The molecule has 0 aliphatic heterocycles. The number of benzene rings is 1. The van der Waals surface area contributed by atoms with E-state index < -0.39 is 17.7 Å². The number of carboxylic acids is 1. The number of ether oxygens (including phenoxy) is 2. The zero-order valence-electron chi connectivity index (χ0n) is 22.0.